The maximum Gasteiger partial charge on any atom is 0.191 e. The van der Waals surface area contributed by atoms with Crippen LogP contribution in [0.2, 0.25) is 0 Å². The quantitative estimate of drug-likeness (QED) is 0.277. The minimum absolute atomic E-state index is 0. The number of halogens is 2. The van der Waals surface area contributed by atoms with E-state index in [1.165, 1.54) is 11.3 Å². The van der Waals surface area contributed by atoms with Crippen molar-refractivity contribution in [3.63, 3.8) is 0 Å². The summed E-state index contributed by atoms with van der Waals surface area (Å²) < 4.78 is 13.8. The molecule has 0 aromatic heterocycles. The van der Waals surface area contributed by atoms with Gasteiger partial charge in [0.05, 0.1) is 6.04 Å². The largest absolute Gasteiger partial charge is 0.364 e. The molecule has 0 spiro atoms. The lowest BCUT2D eigenvalue weighted by atomic mass is 10.1. The number of nitrogens with zero attached hydrogens (tertiary/aromatic N) is 2. The summed E-state index contributed by atoms with van der Waals surface area (Å²) in [5.74, 6) is 0.508. The van der Waals surface area contributed by atoms with Crippen LogP contribution in [0.1, 0.15) is 29.7 Å². The number of aryl methyl sites for hydroxylation is 1. The molecule has 0 saturated carbocycles. The summed E-state index contributed by atoms with van der Waals surface area (Å²) in [5, 5.41) is 6.63. The van der Waals surface area contributed by atoms with Crippen molar-refractivity contribution in [2.45, 2.75) is 26.4 Å². The van der Waals surface area contributed by atoms with Crippen LogP contribution in [0.3, 0.4) is 0 Å². The Balaban J connectivity index is 0.00000280. The molecule has 28 heavy (non-hydrogen) atoms. The molecule has 1 aliphatic rings. The minimum Gasteiger partial charge on any atom is -0.364 e. The van der Waals surface area contributed by atoms with Gasteiger partial charge in [-0.15, -0.1) is 24.0 Å². The molecule has 0 aliphatic carbocycles. The van der Waals surface area contributed by atoms with Crippen molar-refractivity contribution in [1.82, 2.24) is 10.6 Å². The molecule has 1 heterocycles. The summed E-state index contributed by atoms with van der Waals surface area (Å²) in [6.45, 7) is 6.39. The number of guanidine groups is 1. The van der Waals surface area contributed by atoms with Crippen LogP contribution in [-0.4, -0.2) is 26.1 Å². The highest BCUT2D eigenvalue weighted by molar-refractivity contribution is 14.0. The SMILES string of the molecule is CN=C(NCc1ccc(N2CC=CC2)cc1)NC(C)c1ccc(C)c(F)c1.I. The second-order valence-corrected chi connectivity index (χ2v) is 6.84. The van der Waals surface area contributed by atoms with E-state index in [2.05, 4.69) is 56.9 Å². The summed E-state index contributed by atoms with van der Waals surface area (Å²) in [7, 11) is 1.74. The average molecular weight is 494 g/mol. The Bertz CT molecular complexity index is 825. The van der Waals surface area contributed by atoms with Crippen LogP contribution in [0.4, 0.5) is 10.1 Å². The highest BCUT2D eigenvalue weighted by Crippen LogP contribution is 2.18. The Kier molecular flexibility index (Phi) is 8.29. The summed E-state index contributed by atoms with van der Waals surface area (Å²) >= 11 is 0. The van der Waals surface area contributed by atoms with Crippen molar-refractivity contribution in [2.24, 2.45) is 4.99 Å². The van der Waals surface area contributed by atoms with Gasteiger partial charge in [-0.05, 0) is 48.7 Å². The van der Waals surface area contributed by atoms with E-state index in [-0.39, 0.29) is 35.8 Å². The number of anilines is 1. The Morgan fingerprint density at radius 3 is 2.43 bits per heavy atom. The summed E-state index contributed by atoms with van der Waals surface area (Å²) in [6.07, 6.45) is 4.37. The molecule has 1 atom stereocenters. The predicted molar refractivity (Wildman–Crippen MR) is 126 cm³/mol. The molecule has 1 unspecified atom stereocenters. The molecule has 0 bridgehead atoms. The van der Waals surface area contributed by atoms with Crippen LogP contribution in [0.25, 0.3) is 0 Å². The van der Waals surface area contributed by atoms with Gasteiger partial charge in [-0.1, -0.05) is 36.4 Å². The van der Waals surface area contributed by atoms with Crippen molar-refractivity contribution < 1.29 is 4.39 Å². The second kappa shape index (κ2) is 10.5. The molecule has 2 aromatic rings. The standard InChI is InChI=1S/C22H27FN4.HI/c1-16-6-9-19(14-21(16)23)17(2)26-22(24-3)25-15-18-7-10-20(11-8-18)27-12-4-5-13-27;/h4-11,14,17H,12-13,15H2,1-3H3,(H2,24,25,26);1H. The minimum atomic E-state index is -0.183. The van der Waals surface area contributed by atoms with E-state index in [1.54, 1.807) is 26.1 Å². The zero-order valence-corrected chi connectivity index (χ0v) is 18.9. The van der Waals surface area contributed by atoms with Crippen LogP contribution in [0.5, 0.6) is 0 Å². The van der Waals surface area contributed by atoms with Crippen LogP contribution < -0.4 is 15.5 Å². The molecule has 3 rings (SSSR count). The lowest BCUT2D eigenvalue weighted by Gasteiger charge is -2.20. The monoisotopic (exact) mass is 494 g/mol. The summed E-state index contributed by atoms with van der Waals surface area (Å²) in [4.78, 5) is 6.59. The normalized spacial score (nSPS) is 14.6. The number of benzene rings is 2. The zero-order chi connectivity index (χ0) is 19.2. The highest BCUT2D eigenvalue weighted by Gasteiger charge is 2.10. The van der Waals surface area contributed by atoms with Gasteiger partial charge in [0.1, 0.15) is 5.82 Å². The van der Waals surface area contributed by atoms with Gasteiger partial charge in [-0.25, -0.2) is 4.39 Å². The molecule has 2 N–H and O–H groups in total. The van der Waals surface area contributed by atoms with Crippen molar-refractivity contribution in [3.8, 4) is 0 Å². The maximum atomic E-state index is 13.8. The van der Waals surface area contributed by atoms with E-state index >= 15 is 0 Å². The van der Waals surface area contributed by atoms with Crippen molar-refractivity contribution in [3.05, 3.63) is 77.1 Å². The third-order valence-corrected chi connectivity index (χ3v) is 4.85. The molecule has 0 fully saturated rings. The average Bonchev–Trinajstić information content (AvgIpc) is 3.22. The fourth-order valence-electron chi connectivity index (χ4n) is 3.06. The Morgan fingerprint density at radius 2 is 1.82 bits per heavy atom. The van der Waals surface area contributed by atoms with Gasteiger partial charge in [0.15, 0.2) is 5.96 Å². The molecule has 0 amide bonds. The van der Waals surface area contributed by atoms with Gasteiger partial charge < -0.3 is 15.5 Å². The van der Waals surface area contributed by atoms with Gasteiger partial charge in [-0.2, -0.15) is 0 Å². The first kappa shape index (κ1) is 22.2. The van der Waals surface area contributed by atoms with Crippen molar-refractivity contribution >= 4 is 35.6 Å². The Morgan fingerprint density at radius 1 is 1.14 bits per heavy atom. The Hall–Kier alpha value is -2.09. The number of nitrogens with one attached hydrogen (secondary N) is 2. The van der Waals surface area contributed by atoms with E-state index < -0.39 is 0 Å². The van der Waals surface area contributed by atoms with Crippen molar-refractivity contribution in [2.75, 3.05) is 25.0 Å². The lowest BCUT2D eigenvalue weighted by molar-refractivity contribution is 0.607. The number of hydrogen-bond donors (Lipinski definition) is 2. The first-order valence-corrected chi connectivity index (χ1v) is 9.29. The summed E-state index contributed by atoms with van der Waals surface area (Å²) in [5.41, 5.74) is 3.97. The fraction of sp³-hybridized carbons (Fsp3) is 0.318. The van der Waals surface area contributed by atoms with Crippen LogP contribution >= 0.6 is 24.0 Å². The highest BCUT2D eigenvalue weighted by atomic mass is 127. The molecular formula is C22H28FIN4. The number of rotatable bonds is 5. The number of aliphatic imine (C=N–C) groups is 1. The summed E-state index contributed by atoms with van der Waals surface area (Å²) in [6, 6.07) is 13.8. The smallest absolute Gasteiger partial charge is 0.191 e. The molecule has 2 aromatic carbocycles. The molecule has 1 aliphatic heterocycles. The first-order chi connectivity index (χ1) is 13.1. The van der Waals surface area contributed by atoms with Gasteiger partial charge in [-0.3, -0.25) is 4.99 Å². The maximum absolute atomic E-state index is 13.8. The molecule has 4 nitrogen and oxygen atoms in total. The molecule has 0 radical (unpaired) electrons. The first-order valence-electron chi connectivity index (χ1n) is 9.29. The molecule has 6 heteroatoms. The topological polar surface area (TPSA) is 39.7 Å². The second-order valence-electron chi connectivity index (χ2n) is 6.84. The molecule has 0 saturated heterocycles. The van der Waals surface area contributed by atoms with Crippen molar-refractivity contribution in [1.29, 1.82) is 0 Å². The van der Waals surface area contributed by atoms with Crippen LogP contribution in [0, 0.1) is 12.7 Å². The van der Waals surface area contributed by atoms with Gasteiger partial charge in [0.25, 0.3) is 0 Å². The zero-order valence-electron chi connectivity index (χ0n) is 16.6. The van der Waals surface area contributed by atoms with Crippen LogP contribution in [0.15, 0.2) is 59.6 Å². The van der Waals surface area contributed by atoms with E-state index in [0.717, 1.165) is 18.7 Å². The molecule has 150 valence electrons. The van der Waals surface area contributed by atoms with Crippen LogP contribution in [-0.2, 0) is 6.54 Å². The Labute approximate surface area is 184 Å². The molecular weight excluding hydrogens is 466 g/mol. The van der Waals surface area contributed by atoms with E-state index in [4.69, 9.17) is 0 Å². The van der Waals surface area contributed by atoms with E-state index in [9.17, 15) is 4.39 Å². The predicted octanol–water partition coefficient (Wildman–Crippen LogP) is 4.55. The van der Waals surface area contributed by atoms with E-state index in [1.807, 2.05) is 13.0 Å². The van der Waals surface area contributed by atoms with Gasteiger partial charge in [0.2, 0.25) is 0 Å². The number of hydrogen-bond acceptors (Lipinski definition) is 2. The fourth-order valence-corrected chi connectivity index (χ4v) is 3.06. The lowest BCUT2D eigenvalue weighted by Crippen LogP contribution is -2.38. The third-order valence-electron chi connectivity index (χ3n) is 4.85. The van der Waals surface area contributed by atoms with E-state index in [0.29, 0.717) is 18.1 Å². The van der Waals surface area contributed by atoms with Gasteiger partial charge >= 0.3 is 0 Å². The third kappa shape index (κ3) is 5.70. The van der Waals surface area contributed by atoms with Gasteiger partial charge in [0, 0.05) is 32.4 Å².